The number of rotatable bonds is 21. The van der Waals surface area contributed by atoms with Gasteiger partial charge in [0.25, 0.3) is 0 Å². The molecule has 2 aromatic rings. The van der Waals surface area contributed by atoms with Crippen LogP contribution in [0.4, 0.5) is 9.59 Å². The Hall–Kier alpha value is -4.32. The summed E-state index contributed by atoms with van der Waals surface area (Å²) in [6.45, 7) is 13.9. The first-order chi connectivity index (χ1) is 27.9. The van der Waals surface area contributed by atoms with E-state index in [2.05, 4.69) is 31.1 Å². The Morgan fingerprint density at radius 2 is 0.931 bits per heavy atom. The molecular weight excluding hydrogens is 748 g/mol. The first-order valence-electron chi connectivity index (χ1n) is 20.4. The summed E-state index contributed by atoms with van der Waals surface area (Å²) in [4.78, 5) is 57.8. The van der Waals surface area contributed by atoms with Crippen molar-refractivity contribution in [1.82, 2.24) is 31.1 Å². The number of alkyl carbamates (subject to hydrolysis) is 2. The van der Waals surface area contributed by atoms with Gasteiger partial charge in [0.1, 0.15) is 37.5 Å². The van der Waals surface area contributed by atoms with Crippen LogP contribution >= 0.6 is 0 Å². The summed E-state index contributed by atoms with van der Waals surface area (Å²) in [5.74, 6) is -1.87. The number of morpholine rings is 2. The van der Waals surface area contributed by atoms with Crippen molar-refractivity contribution in [2.24, 2.45) is 11.8 Å². The number of amides is 4. The number of aliphatic hydroxyl groups is 2. The van der Waals surface area contributed by atoms with Crippen molar-refractivity contribution in [3.05, 3.63) is 71.8 Å². The van der Waals surface area contributed by atoms with Crippen LogP contribution in [0, 0.1) is 11.8 Å². The van der Waals surface area contributed by atoms with E-state index in [9.17, 15) is 29.4 Å². The molecule has 4 rings (SSSR count). The van der Waals surface area contributed by atoms with Crippen LogP contribution in [-0.2, 0) is 41.4 Å². The molecule has 4 amide bonds. The Morgan fingerprint density at radius 1 is 0.586 bits per heavy atom. The highest BCUT2D eigenvalue weighted by Crippen LogP contribution is 2.17. The molecule has 16 heteroatoms. The first kappa shape index (κ1) is 46.4. The average Bonchev–Trinajstić information content (AvgIpc) is 3.22. The molecule has 6 N–H and O–H groups in total. The lowest BCUT2D eigenvalue weighted by Crippen LogP contribution is -2.61. The smallest absolute Gasteiger partial charge is 0.407 e. The van der Waals surface area contributed by atoms with Gasteiger partial charge in [-0.2, -0.15) is 0 Å². The molecule has 6 atom stereocenters. The zero-order valence-corrected chi connectivity index (χ0v) is 34.3. The monoisotopic (exact) mass is 812 g/mol. The molecule has 2 aliphatic rings. The van der Waals surface area contributed by atoms with E-state index in [4.69, 9.17) is 18.9 Å². The van der Waals surface area contributed by atoms with Crippen molar-refractivity contribution in [2.75, 3.05) is 78.9 Å². The van der Waals surface area contributed by atoms with Crippen LogP contribution < -0.4 is 21.3 Å². The Bertz CT molecular complexity index is 1410. The van der Waals surface area contributed by atoms with Crippen LogP contribution in [0.15, 0.2) is 60.7 Å². The molecule has 0 radical (unpaired) electrons. The van der Waals surface area contributed by atoms with Gasteiger partial charge in [-0.15, -0.1) is 0 Å². The lowest BCUT2D eigenvalue weighted by Gasteiger charge is -2.35. The van der Waals surface area contributed by atoms with E-state index < -0.39 is 60.4 Å². The van der Waals surface area contributed by atoms with Crippen molar-refractivity contribution in [3.63, 3.8) is 0 Å². The number of hydrogen-bond donors (Lipinski definition) is 6. The Morgan fingerprint density at radius 3 is 1.26 bits per heavy atom. The van der Waals surface area contributed by atoms with Crippen molar-refractivity contribution in [1.29, 1.82) is 0 Å². The average molecular weight is 813 g/mol. The molecule has 0 aromatic heterocycles. The lowest BCUT2D eigenvalue weighted by molar-refractivity contribution is -0.129. The summed E-state index contributed by atoms with van der Waals surface area (Å²) in [5.41, 5.74) is 1.55. The predicted molar refractivity (Wildman–Crippen MR) is 217 cm³/mol. The van der Waals surface area contributed by atoms with Crippen molar-refractivity contribution in [3.8, 4) is 0 Å². The third kappa shape index (κ3) is 15.8. The van der Waals surface area contributed by atoms with E-state index in [1.165, 1.54) is 0 Å². The van der Waals surface area contributed by atoms with Crippen LogP contribution in [-0.4, -0.2) is 159 Å². The van der Waals surface area contributed by atoms with Gasteiger partial charge in [-0.1, -0.05) is 88.4 Å². The molecule has 0 bridgehead atoms. The number of ether oxygens (including phenoxy) is 4. The quantitative estimate of drug-likeness (QED) is 0.106. The molecule has 16 nitrogen and oxygen atoms in total. The maximum Gasteiger partial charge on any atom is 0.407 e. The van der Waals surface area contributed by atoms with Gasteiger partial charge in [0.2, 0.25) is 11.8 Å². The second kappa shape index (κ2) is 24.6. The van der Waals surface area contributed by atoms with E-state index >= 15 is 0 Å². The molecule has 58 heavy (non-hydrogen) atoms. The fraction of sp³-hybridized carbons (Fsp3) is 0.619. The first-order valence-corrected chi connectivity index (χ1v) is 20.4. The van der Waals surface area contributed by atoms with Crippen LogP contribution in [0.1, 0.15) is 38.8 Å². The fourth-order valence-corrected chi connectivity index (χ4v) is 6.86. The van der Waals surface area contributed by atoms with Crippen LogP contribution in [0.3, 0.4) is 0 Å². The van der Waals surface area contributed by atoms with Crippen molar-refractivity contribution < 1.29 is 48.3 Å². The Labute approximate surface area is 342 Å². The molecule has 2 aliphatic heterocycles. The third-order valence-corrected chi connectivity index (χ3v) is 10.4. The molecule has 0 aliphatic carbocycles. The number of carbonyl (C=O) groups is 4. The zero-order chi connectivity index (χ0) is 41.9. The molecule has 2 saturated heterocycles. The molecule has 0 saturated carbocycles. The van der Waals surface area contributed by atoms with Gasteiger partial charge in [-0.3, -0.25) is 19.4 Å². The number of nitrogens with one attached hydrogen (secondary N) is 4. The van der Waals surface area contributed by atoms with E-state index in [1.807, 2.05) is 60.7 Å². The number of nitrogens with zero attached hydrogens (tertiary/aromatic N) is 2. The Balaban J connectivity index is 1.47. The van der Waals surface area contributed by atoms with Crippen LogP contribution in [0.25, 0.3) is 0 Å². The maximum atomic E-state index is 13.9. The minimum Gasteiger partial charge on any atom is -0.448 e. The maximum absolute atomic E-state index is 13.9. The van der Waals surface area contributed by atoms with E-state index in [0.717, 1.165) is 37.3 Å². The summed E-state index contributed by atoms with van der Waals surface area (Å²) >= 11 is 0. The normalized spacial score (nSPS) is 18.3. The standard InChI is InChI=1S/C42H64N6O10/c1-29(2)35(45-41(53)57-25-19-47-15-21-55-22-16-47)39(51)43-33(27-31-11-7-5-8-12-31)37(49)38(50)34(28-32-13-9-6-10-14-32)44-40(52)36(30(3)4)46-42(54)58-26-20-48-17-23-56-24-18-48/h5-14,29-30,33-38,49-50H,15-28H2,1-4H3,(H,43,51)(H,44,52)(H,45,53)(H,46,54)/t33-,34-,35-,36-,37+,38+/m0/s1. The van der Waals surface area contributed by atoms with E-state index in [-0.39, 0.29) is 37.9 Å². The molecule has 2 fully saturated rings. The number of aliphatic hydroxyl groups excluding tert-OH is 2. The van der Waals surface area contributed by atoms with Gasteiger partial charge >= 0.3 is 12.2 Å². The second-order valence-electron chi connectivity index (χ2n) is 15.5. The van der Waals surface area contributed by atoms with Gasteiger partial charge in [-0.05, 0) is 35.8 Å². The van der Waals surface area contributed by atoms with Crippen LogP contribution in [0.2, 0.25) is 0 Å². The highest BCUT2D eigenvalue weighted by atomic mass is 16.6. The topological polar surface area (TPSA) is 200 Å². The molecule has 322 valence electrons. The zero-order valence-electron chi connectivity index (χ0n) is 34.3. The minimum absolute atomic E-state index is 0.123. The number of benzene rings is 2. The molecule has 2 aromatic carbocycles. The van der Waals surface area contributed by atoms with Gasteiger partial charge < -0.3 is 50.4 Å². The lowest BCUT2D eigenvalue weighted by atomic mass is 9.90. The van der Waals surface area contributed by atoms with Gasteiger partial charge in [0, 0.05) is 39.3 Å². The SMILES string of the molecule is CC(C)[C@H](NC(=O)OCCN1CCOCC1)C(=O)N[C@@H](Cc1ccccc1)[C@@H](O)[C@H](O)[C@H](Cc1ccccc1)NC(=O)[C@@H](NC(=O)OCCN1CCOCC1)C(C)C. The molecule has 0 spiro atoms. The van der Waals surface area contributed by atoms with Crippen molar-refractivity contribution in [2.45, 2.75) is 76.9 Å². The van der Waals surface area contributed by atoms with E-state index in [0.29, 0.717) is 39.5 Å². The Kier molecular flexibility index (Phi) is 19.6. The summed E-state index contributed by atoms with van der Waals surface area (Å²) in [5, 5.41) is 35.0. The summed E-state index contributed by atoms with van der Waals surface area (Å²) in [7, 11) is 0. The fourth-order valence-electron chi connectivity index (χ4n) is 6.86. The predicted octanol–water partition coefficient (Wildman–Crippen LogP) is 1.33. The summed E-state index contributed by atoms with van der Waals surface area (Å²) in [6.07, 6.45) is -4.44. The summed E-state index contributed by atoms with van der Waals surface area (Å²) < 4.78 is 21.5. The van der Waals surface area contributed by atoms with E-state index in [1.54, 1.807) is 27.7 Å². The third-order valence-electron chi connectivity index (χ3n) is 10.4. The van der Waals surface area contributed by atoms with Gasteiger partial charge in [-0.25, -0.2) is 9.59 Å². The molecule has 0 unspecified atom stereocenters. The van der Waals surface area contributed by atoms with Crippen molar-refractivity contribution >= 4 is 24.0 Å². The van der Waals surface area contributed by atoms with Gasteiger partial charge in [0.05, 0.1) is 38.5 Å². The minimum atomic E-state index is -1.60. The second-order valence-corrected chi connectivity index (χ2v) is 15.5. The summed E-state index contributed by atoms with van der Waals surface area (Å²) in [6, 6.07) is 14.2. The molecular formula is C42H64N6O10. The molecule has 2 heterocycles. The highest BCUT2D eigenvalue weighted by Gasteiger charge is 2.38. The highest BCUT2D eigenvalue weighted by molar-refractivity contribution is 5.87. The largest absolute Gasteiger partial charge is 0.448 e. The van der Waals surface area contributed by atoms with Crippen LogP contribution in [0.5, 0.6) is 0 Å². The number of carbonyl (C=O) groups excluding carboxylic acids is 4. The van der Waals surface area contributed by atoms with Gasteiger partial charge in [0.15, 0.2) is 0 Å². The number of hydrogen-bond acceptors (Lipinski definition) is 12.